The van der Waals surface area contributed by atoms with Crippen molar-refractivity contribution in [3.63, 3.8) is 0 Å². The van der Waals surface area contributed by atoms with Gasteiger partial charge in [-0.05, 0) is 73.2 Å². The Morgan fingerprint density at radius 2 is 1.71 bits per heavy atom. The number of rotatable bonds is 7. The first-order chi connectivity index (χ1) is 13.6. The average molecular weight is 398 g/mol. The van der Waals surface area contributed by atoms with Crippen LogP contribution in [0.25, 0.3) is 5.82 Å². The maximum Gasteiger partial charge on any atom is 0.240 e. The Labute approximate surface area is 164 Å². The summed E-state index contributed by atoms with van der Waals surface area (Å²) < 4.78 is 29.6. The van der Waals surface area contributed by atoms with E-state index in [2.05, 4.69) is 20.2 Å². The summed E-state index contributed by atoms with van der Waals surface area (Å²) >= 11 is 0. The number of benzene rings is 1. The topological polar surface area (TPSA) is 88.9 Å². The second kappa shape index (κ2) is 8.12. The van der Waals surface area contributed by atoms with Gasteiger partial charge >= 0.3 is 0 Å². The molecule has 7 nitrogen and oxygen atoms in total. The number of nitrogens with one attached hydrogen (secondary N) is 2. The van der Waals surface area contributed by atoms with Crippen molar-refractivity contribution >= 4 is 15.8 Å². The maximum atomic E-state index is 12.5. The highest BCUT2D eigenvalue weighted by atomic mass is 32.2. The molecule has 0 amide bonds. The van der Waals surface area contributed by atoms with Crippen LogP contribution in [0.2, 0.25) is 0 Å². The second-order valence-electron chi connectivity index (χ2n) is 6.83. The molecule has 1 aliphatic rings. The Morgan fingerprint density at radius 1 is 0.929 bits per heavy atom. The molecule has 0 radical (unpaired) electrons. The molecule has 2 N–H and O–H groups in total. The second-order valence-corrected chi connectivity index (χ2v) is 8.60. The van der Waals surface area contributed by atoms with E-state index in [9.17, 15) is 8.42 Å². The molecule has 0 bridgehead atoms. The van der Waals surface area contributed by atoms with E-state index in [1.165, 1.54) is 12.0 Å². The van der Waals surface area contributed by atoms with Crippen LogP contribution < -0.4 is 10.0 Å². The van der Waals surface area contributed by atoms with Gasteiger partial charge in [-0.25, -0.2) is 13.1 Å². The third-order valence-corrected chi connectivity index (χ3v) is 6.33. The number of nitrogens with zero attached hydrogens (tertiary/aromatic N) is 3. The minimum atomic E-state index is -3.51. The summed E-state index contributed by atoms with van der Waals surface area (Å²) in [6, 6.07) is 13.0. The molecule has 1 aliphatic carbocycles. The smallest absolute Gasteiger partial charge is 0.240 e. The molecule has 4 rings (SSSR count). The lowest BCUT2D eigenvalue weighted by Gasteiger charge is -2.16. The van der Waals surface area contributed by atoms with Crippen LogP contribution in [0.3, 0.4) is 0 Å². The summed E-state index contributed by atoms with van der Waals surface area (Å²) in [6.07, 6.45) is 8.09. The number of aryl methyl sites for hydroxylation is 2. The van der Waals surface area contributed by atoms with Gasteiger partial charge in [0.05, 0.1) is 4.90 Å². The molecule has 0 aliphatic heterocycles. The molecular weight excluding hydrogens is 374 g/mol. The lowest BCUT2D eigenvalue weighted by atomic mass is 9.92. The van der Waals surface area contributed by atoms with E-state index in [0.29, 0.717) is 17.3 Å². The van der Waals surface area contributed by atoms with E-state index in [-0.39, 0.29) is 6.54 Å². The maximum absolute atomic E-state index is 12.5. The van der Waals surface area contributed by atoms with E-state index in [0.717, 1.165) is 30.6 Å². The van der Waals surface area contributed by atoms with E-state index in [1.54, 1.807) is 6.07 Å². The molecule has 2 aromatic heterocycles. The van der Waals surface area contributed by atoms with Crippen molar-refractivity contribution < 1.29 is 8.42 Å². The average Bonchev–Trinajstić information content (AvgIpc) is 3.26. The molecule has 28 heavy (non-hydrogen) atoms. The van der Waals surface area contributed by atoms with Gasteiger partial charge in [0, 0.05) is 25.5 Å². The van der Waals surface area contributed by atoms with Gasteiger partial charge < -0.3 is 9.88 Å². The Morgan fingerprint density at radius 3 is 2.46 bits per heavy atom. The molecule has 0 fully saturated rings. The fraction of sp³-hybridized carbons (Fsp3) is 0.300. The number of hydrogen-bond acceptors (Lipinski definition) is 5. The van der Waals surface area contributed by atoms with Gasteiger partial charge in [0.25, 0.3) is 0 Å². The summed E-state index contributed by atoms with van der Waals surface area (Å²) in [5, 5.41) is 11.3. The van der Waals surface area contributed by atoms with Crippen molar-refractivity contribution in [3.05, 3.63) is 66.0 Å². The van der Waals surface area contributed by atoms with Gasteiger partial charge in [-0.3, -0.25) is 0 Å². The number of hydrogen-bond donors (Lipinski definition) is 2. The molecule has 2 heterocycles. The van der Waals surface area contributed by atoms with Gasteiger partial charge in [-0.1, -0.05) is 6.07 Å². The van der Waals surface area contributed by atoms with Crippen LogP contribution in [0.4, 0.5) is 5.82 Å². The summed E-state index contributed by atoms with van der Waals surface area (Å²) in [4.78, 5) is 0.337. The van der Waals surface area contributed by atoms with Crippen LogP contribution in [0.5, 0.6) is 0 Å². The van der Waals surface area contributed by atoms with Crippen molar-refractivity contribution in [2.45, 2.75) is 30.6 Å². The fourth-order valence-corrected chi connectivity index (χ4v) is 4.46. The van der Waals surface area contributed by atoms with E-state index >= 15 is 0 Å². The Bertz CT molecular complexity index is 1030. The van der Waals surface area contributed by atoms with Crippen LogP contribution in [0.1, 0.15) is 24.0 Å². The van der Waals surface area contributed by atoms with Crippen molar-refractivity contribution in [2.75, 3.05) is 18.4 Å². The quantitative estimate of drug-likeness (QED) is 0.598. The minimum absolute atomic E-state index is 0.264. The largest absolute Gasteiger partial charge is 0.367 e. The standard InChI is InChI=1S/C20H23N5O2S/c26-28(27,18-8-7-16-5-1-2-6-17(16)15-18)22-12-11-21-19-9-10-20(24-23-19)25-13-3-4-14-25/h3-4,7-10,13-15,22H,1-2,5-6,11-12H2,(H,21,23). The zero-order chi connectivity index (χ0) is 19.4. The predicted molar refractivity (Wildman–Crippen MR) is 108 cm³/mol. The monoisotopic (exact) mass is 397 g/mol. The molecule has 0 saturated heterocycles. The van der Waals surface area contributed by atoms with Crippen LogP contribution in [0, 0.1) is 0 Å². The molecule has 0 atom stereocenters. The zero-order valence-electron chi connectivity index (χ0n) is 15.5. The van der Waals surface area contributed by atoms with Gasteiger partial charge in [0.15, 0.2) is 5.82 Å². The minimum Gasteiger partial charge on any atom is -0.367 e. The van der Waals surface area contributed by atoms with Crippen LogP contribution >= 0.6 is 0 Å². The van der Waals surface area contributed by atoms with Crippen molar-refractivity contribution in [1.29, 1.82) is 0 Å². The van der Waals surface area contributed by atoms with Crippen molar-refractivity contribution in [1.82, 2.24) is 19.5 Å². The fourth-order valence-electron chi connectivity index (χ4n) is 3.38. The SMILES string of the molecule is O=S(=O)(NCCNc1ccc(-n2cccc2)nn1)c1ccc2c(c1)CCCC2. The van der Waals surface area contributed by atoms with Crippen molar-refractivity contribution in [3.8, 4) is 5.82 Å². The molecule has 0 unspecified atom stereocenters. The number of fused-ring (bicyclic) bond motifs is 1. The third-order valence-electron chi connectivity index (χ3n) is 4.87. The first kappa shape index (κ1) is 18.6. The predicted octanol–water partition coefficient (Wildman–Crippen LogP) is 2.54. The molecule has 1 aromatic carbocycles. The van der Waals surface area contributed by atoms with Crippen LogP contribution in [-0.2, 0) is 22.9 Å². The lowest BCUT2D eigenvalue weighted by Crippen LogP contribution is -2.29. The summed E-state index contributed by atoms with van der Waals surface area (Å²) in [7, 11) is -3.51. The normalized spacial score (nSPS) is 13.9. The Balaban J connectivity index is 1.31. The van der Waals surface area contributed by atoms with Gasteiger partial charge in [-0.2, -0.15) is 0 Å². The van der Waals surface area contributed by atoms with Crippen LogP contribution in [0.15, 0.2) is 59.8 Å². The summed E-state index contributed by atoms with van der Waals surface area (Å²) in [6.45, 7) is 0.683. The van der Waals surface area contributed by atoms with E-state index in [4.69, 9.17) is 0 Å². The first-order valence-electron chi connectivity index (χ1n) is 9.44. The van der Waals surface area contributed by atoms with E-state index in [1.807, 2.05) is 53.4 Å². The molecule has 3 aromatic rings. The zero-order valence-corrected chi connectivity index (χ0v) is 16.3. The third kappa shape index (κ3) is 4.23. The lowest BCUT2D eigenvalue weighted by molar-refractivity contribution is 0.582. The number of sulfonamides is 1. The molecule has 0 spiro atoms. The Hall–Kier alpha value is -2.71. The molecule has 0 saturated carbocycles. The highest BCUT2D eigenvalue weighted by Gasteiger charge is 2.17. The van der Waals surface area contributed by atoms with Gasteiger partial charge in [-0.15, -0.1) is 10.2 Å². The van der Waals surface area contributed by atoms with Gasteiger partial charge in [0.2, 0.25) is 10.0 Å². The van der Waals surface area contributed by atoms with E-state index < -0.39 is 10.0 Å². The number of aromatic nitrogens is 3. The summed E-state index contributed by atoms with van der Waals surface area (Å²) in [5.74, 6) is 1.33. The first-order valence-corrected chi connectivity index (χ1v) is 10.9. The highest BCUT2D eigenvalue weighted by molar-refractivity contribution is 7.89. The summed E-state index contributed by atoms with van der Waals surface area (Å²) in [5.41, 5.74) is 2.43. The molecule has 8 heteroatoms. The van der Waals surface area contributed by atoms with Crippen LogP contribution in [-0.4, -0.2) is 36.3 Å². The molecular formula is C20H23N5O2S. The van der Waals surface area contributed by atoms with Crippen molar-refractivity contribution in [2.24, 2.45) is 0 Å². The Kier molecular flexibility index (Phi) is 5.40. The van der Waals surface area contributed by atoms with Gasteiger partial charge in [0.1, 0.15) is 5.82 Å². The molecule has 146 valence electrons. The number of anilines is 1. The highest BCUT2D eigenvalue weighted by Crippen LogP contribution is 2.23.